The molecule has 0 aliphatic carbocycles. The summed E-state index contributed by atoms with van der Waals surface area (Å²) in [6.07, 6.45) is 1.36. The Bertz CT molecular complexity index is 976. The van der Waals surface area contributed by atoms with Crippen molar-refractivity contribution in [1.29, 1.82) is 0 Å². The molecule has 1 N–H and O–H groups in total. The smallest absolute Gasteiger partial charge is 0.312 e. The molecule has 0 saturated carbocycles. The van der Waals surface area contributed by atoms with Gasteiger partial charge in [-0.1, -0.05) is 45.7 Å². The minimum Gasteiger partial charge on any atom is -0.466 e. The molecule has 1 aromatic rings. The first-order valence-electron chi connectivity index (χ1n) is 10.9. The summed E-state index contributed by atoms with van der Waals surface area (Å²) in [4.78, 5) is 43.1. The molecule has 1 spiro atoms. The van der Waals surface area contributed by atoms with Crippen molar-refractivity contribution in [3.63, 3.8) is 0 Å². The highest BCUT2D eigenvalue weighted by Gasteiger charge is 2.77. The minimum absolute atomic E-state index is 0.0610. The molecule has 3 fully saturated rings. The molecular weight excluding hydrogens is 516 g/mol. The number of aliphatic hydroxyl groups excluding tert-OH is 1. The quantitative estimate of drug-likeness (QED) is 0.308. The number of aliphatic hydroxyl groups is 1. The molecule has 2 amide bonds. The normalized spacial score (nSPS) is 32.1. The van der Waals surface area contributed by atoms with E-state index in [1.807, 2.05) is 0 Å². The second-order valence-electron chi connectivity index (χ2n) is 8.36. The van der Waals surface area contributed by atoms with Gasteiger partial charge in [0, 0.05) is 17.9 Å². The van der Waals surface area contributed by atoms with Crippen molar-refractivity contribution < 1.29 is 29.0 Å². The number of alkyl halides is 1. The lowest BCUT2D eigenvalue weighted by molar-refractivity contribution is -0.154. The van der Waals surface area contributed by atoms with Crippen molar-refractivity contribution in [2.75, 3.05) is 31.2 Å². The zero-order chi connectivity index (χ0) is 23.9. The fourth-order valence-electron chi connectivity index (χ4n) is 5.52. The fourth-order valence-corrected chi connectivity index (χ4v) is 6.70. The zero-order valence-corrected chi connectivity index (χ0v) is 20.5. The molecule has 10 heteroatoms. The lowest BCUT2D eigenvalue weighted by Gasteiger charge is -2.37. The monoisotopic (exact) mass is 540 g/mol. The molecule has 6 atom stereocenters. The van der Waals surface area contributed by atoms with Gasteiger partial charge in [0.1, 0.15) is 11.6 Å². The number of likely N-dealkylation sites (tertiary alicyclic amines) is 1. The number of amides is 2. The van der Waals surface area contributed by atoms with Crippen molar-refractivity contribution in [2.24, 2.45) is 11.8 Å². The van der Waals surface area contributed by atoms with Crippen molar-refractivity contribution in [3.05, 3.63) is 41.9 Å². The molecule has 3 saturated heterocycles. The summed E-state index contributed by atoms with van der Waals surface area (Å²) >= 11 is 9.99. The van der Waals surface area contributed by atoms with Crippen LogP contribution >= 0.6 is 27.5 Å². The summed E-state index contributed by atoms with van der Waals surface area (Å²) in [6, 6.07) is 5.88. The van der Waals surface area contributed by atoms with Crippen molar-refractivity contribution in [1.82, 2.24) is 4.90 Å². The van der Waals surface area contributed by atoms with E-state index in [9.17, 15) is 19.5 Å². The maximum Gasteiger partial charge on any atom is 0.312 e. The number of hydrogen-bond donors (Lipinski definition) is 1. The van der Waals surface area contributed by atoms with Gasteiger partial charge in [-0.2, -0.15) is 0 Å². The van der Waals surface area contributed by atoms with Gasteiger partial charge in [0.25, 0.3) is 5.91 Å². The zero-order valence-electron chi connectivity index (χ0n) is 18.2. The summed E-state index contributed by atoms with van der Waals surface area (Å²) < 4.78 is 11.6. The topological polar surface area (TPSA) is 96.4 Å². The van der Waals surface area contributed by atoms with E-state index in [2.05, 4.69) is 22.5 Å². The number of fused-ring (bicyclic) bond motifs is 1. The van der Waals surface area contributed by atoms with Gasteiger partial charge >= 0.3 is 5.97 Å². The van der Waals surface area contributed by atoms with Crippen LogP contribution in [0.2, 0.25) is 5.02 Å². The number of nitrogens with zero attached hydrogens (tertiary/aromatic N) is 2. The summed E-state index contributed by atoms with van der Waals surface area (Å²) in [5.74, 6) is -3.01. The number of esters is 1. The van der Waals surface area contributed by atoms with E-state index in [0.717, 1.165) is 0 Å². The Kier molecular flexibility index (Phi) is 6.87. The fraction of sp³-hybridized carbons (Fsp3) is 0.522. The Balaban J connectivity index is 1.80. The van der Waals surface area contributed by atoms with E-state index in [-0.39, 0.29) is 37.0 Å². The standard InChI is InChI=1S/C23H26BrClN2O6/c1-3-9-26(15-8-6-5-7-14(15)25)21(30)19-23-12-13(24)18(33-23)16(22(31)32-4-2)17(23)20(29)27(19)10-11-28/h3,5-8,13,16-19,28H,1,4,9-12H2,2H3/t13?,16-,17-,18-,19?,23?/m0/s1. The average Bonchev–Trinajstić information content (AvgIpc) is 3.37. The van der Waals surface area contributed by atoms with Crippen LogP contribution in [0.15, 0.2) is 36.9 Å². The molecule has 33 heavy (non-hydrogen) atoms. The van der Waals surface area contributed by atoms with E-state index in [1.165, 1.54) is 9.80 Å². The summed E-state index contributed by atoms with van der Waals surface area (Å²) in [5, 5.41) is 10.1. The number of rotatable bonds is 8. The molecule has 0 aromatic heterocycles. The first-order chi connectivity index (χ1) is 15.8. The molecule has 3 heterocycles. The number of ether oxygens (including phenoxy) is 2. The molecule has 8 nitrogen and oxygen atoms in total. The molecule has 178 valence electrons. The van der Waals surface area contributed by atoms with Gasteiger partial charge in [-0.25, -0.2) is 0 Å². The third-order valence-corrected chi connectivity index (χ3v) is 7.81. The first-order valence-corrected chi connectivity index (χ1v) is 12.2. The lowest BCUT2D eigenvalue weighted by Crippen LogP contribution is -2.57. The van der Waals surface area contributed by atoms with Crippen LogP contribution in [0.25, 0.3) is 0 Å². The van der Waals surface area contributed by atoms with Gasteiger partial charge in [-0.05, 0) is 25.5 Å². The van der Waals surface area contributed by atoms with Gasteiger partial charge in [0.2, 0.25) is 5.91 Å². The summed E-state index contributed by atoms with van der Waals surface area (Å²) in [7, 11) is 0. The minimum atomic E-state index is -1.22. The van der Waals surface area contributed by atoms with E-state index < -0.39 is 41.5 Å². The number of benzene rings is 1. The molecule has 2 bridgehead atoms. The molecule has 1 aromatic carbocycles. The van der Waals surface area contributed by atoms with Crippen molar-refractivity contribution in [3.8, 4) is 0 Å². The molecule has 3 unspecified atom stereocenters. The van der Waals surface area contributed by atoms with Crippen LogP contribution in [0.5, 0.6) is 0 Å². The molecular formula is C23H26BrClN2O6. The SMILES string of the molecule is C=CCN(C(=O)C1N(CCO)C(=O)[C@@H]2[C@H](C(=O)OCC)[C@H]3OC12CC3Br)c1ccccc1Cl. The first kappa shape index (κ1) is 24.2. The molecule has 4 rings (SSSR count). The van der Waals surface area contributed by atoms with Crippen molar-refractivity contribution >= 4 is 51.0 Å². The second-order valence-corrected chi connectivity index (χ2v) is 9.94. The molecule has 0 radical (unpaired) electrons. The Morgan fingerprint density at radius 2 is 2.18 bits per heavy atom. The van der Waals surface area contributed by atoms with E-state index >= 15 is 0 Å². The Labute approximate surface area is 205 Å². The van der Waals surface area contributed by atoms with Crippen molar-refractivity contribution in [2.45, 2.75) is 35.9 Å². The Morgan fingerprint density at radius 3 is 2.82 bits per heavy atom. The van der Waals surface area contributed by atoms with Gasteiger partial charge in [-0.3, -0.25) is 14.4 Å². The van der Waals surface area contributed by atoms with Crippen LogP contribution in [0.1, 0.15) is 13.3 Å². The molecule has 3 aliphatic rings. The van der Waals surface area contributed by atoms with Gasteiger partial charge < -0.3 is 24.4 Å². The highest BCUT2D eigenvalue weighted by molar-refractivity contribution is 9.09. The number of anilines is 1. The summed E-state index contributed by atoms with van der Waals surface area (Å²) in [5.41, 5.74) is -0.745. The predicted octanol–water partition coefficient (Wildman–Crippen LogP) is 2.16. The predicted molar refractivity (Wildman–Crippen MR) is 125 cm³/mol. The maximum atomic E-state index is 14.1. The van der Waals surface area contributed by atoms with Gasteiger partial charge in [-0.15, -0.1) is 6.58 Å². The number of para-hydroxylation sites is 1. The highest BCUT2D eigenvalue weighted by Crippen LogP contribution is 2.60. The highest BCUT2D eigenvalue weighted by atomic mass is 79.9. The number of hydrogen-bond acceptors (Lipinski definition) is 6. The van der Waals surface area contributed by atoms with Gasteiger partial charge in [0.05, 0.1) is 41.9 Å². The van der Waals surface area contributed by atoms with E-state index in [4.69, 9.17) is 21.1 Å². The third kappa shape index (κ3) is 3.69. The molecule has 3 aliphatic heterocycles. The number of halogens is 2. The lowest BCUT2D eigenvalue weighted by atomic mass is 9.70. The summed E-state index contributed by atoms with van der Waals surface area (Å²) in [6.45, 7) is 5.39. The van der Waals surface area contributed by atoms with Crippen LogP contribution in [0.4, 0.5) is 5.69 Å². The Hall–Kier alpha value is -1.94. The van der Waals surface area contributed by atoms with Crippen LogP contribution in [-0.2, 0) is 23.9 Å². The van der Waals surface area contributed by atoms with Crippen LogP contribution in [0, 0.1) is 11.8 Å². The van der Waals surface area contributed by atoms with Gasteiger partial charge in [0.15, 0.2) is 0 Å². The average molecular weight is 542 g/mol. The van der Waals surface area contributed by atoms with Crippen LogP contribution in [0.3, 0.4) is 0 Å². The third-order valence-electron chi connectivity index (χ3n) is 6.64. The largest absolute Gasteiger partial charge is 0.466 e. The second kappa shape index (κ2) is 9.37. The van der Waals surface area contributed by atoms with E-state index in [0.29, 0.717) is 17.1 Å². The number of carbonyl (C=O) groups excluding carboxylic acids is 3. The van der Waals surface area contributed by atoms with E-state index in [1.54, 1.807) is 37.3 Å². The number of carbonyl (C=O) groups is 3. The van der Waals surface area contributed by atoms with Crippen LogP contribution in [-0.4, -0.2) is 76.7 Å². The number of β-amino-alcohol motifs (C(OH)–C–C–N with tert-alkyl or cyclic N) is 1. The Morgan fingerprint density at radius 1 is 1.45 bits per heavy atom. The van der Waals surface area contributed by atoms with Crippen LogP contribution < -0.4 is 4.90 Å². The maximum absolute atomic E-state index is 14.1.